The Labute approximate surface area is 118 Å². The van der Waals surface area contributed by atoms with E-state index < -0.39 is 0 Å². The molecule has 0 aromatic heterocycles. The maximum atomic E-state index is 5.66. The number of methoxy groups -OCH3 is 1. The SMILES string of the molecule is COc1c(C)c(C)c(Br)c2c1CCNC2C(C)C. The molecule has 0 bridgehead atoms. The maximum absolute atomic E-state index is 5.66. The Bertz CT molecular complexity index is 468. The molecular weight excluding hydrogens is 290 g/mol. The van der Waals surface area contributed by atoms with Gasteiger partial charge in [-0.3, -0.25) is 0 Å². The van der Waals surface area contributed by atoms with Crippen molar-refractivity contribution in [2.75, 3.05) is 13.7 Å². The molecule has 0 saturated carbocycles. The molecular formula is C15H22BrNO. The summed E-state index contributed by atoms with van der Waals surface area (Å²) in [6.07, 6.45) is 1.04. The summed E-state index contributed by atoms with van der Waals surface area (Å²) < 4.78 is 6.91. The van der Waals surface area contributed by atoms with E-state index in [-0.39, 0.29) is 0 Å². The zero-order valence-corrected chi connectivity index (χ0v) is 13.4. The molecule has 3 heteroatoms. The average molecular weight is 312 g/mol. The van der Waals surface area contributed by atoms with E-state index in [0.717, 1.165) is 18.7 Å². The van der Waals surface area contributed by atoms with E-state index in [4.69, 9.17) is 4.74 Å². The number of benzene rings is 1. The van der Waals surface area contributed by atoms with Crippen LogP contribution in [0.3, 0.4) is 0 Å². The Balaban J connectivity index is 2.71. The second-order valence-electron chi connectivity index (χ2n) is 5.42. The van der Waals surface area contributed by atoms with Gasteiger partial charge in [-0.25, -0.2) is 0 Å². The third-order valence-electron chi connectivity index (χ3n) is 3.99. The molecule has 0 aliphatic carbocycles. The van der Waals surface area contributed by atoms with E-state index in [1.165, 1.54) is 26.7 Å². The van der Waals surface area contributed by atoms with Crippen LogP contribution in [0, 0.1) is 19.8 Å². The van der Waals surface area contributed by atoms with Crippen molar-refractivity contribution in [2.45, 2.75) is 40.2 Å². The van der Waals surface area contributed by atoms with Gasteiger partial charge in [-0.2, -0.15) is 0 Å². The quantitative estimate of drug-likeness (QED) is 0.894. The molecule has 2 rings (SSSR count). The number of nitrogens with one attached hydrogen (secondary N) is 1. The molecule has 1 aromatic carbocycles. The predicted octanol–water partition coefficient (Wildman–Crippen LogP) is 3.92. The zero-order chi connectivity index (χ0) is 13.4. The molecule has 18 heavy (non-hydrogen) atoms. The highest BCUT2D eigenvalue weighted by Crippen LogP contribution is 2.43. The van der Waals surface area contributed by atoms with Crippen LogP contribution in [0.15, 0.2) is 4.47 Å². The normalized spacial score (nSPS) is 18.9. The van der Waals surface area contributed by atoms with Crippen LogP contribution in [-0.4, -0.2) is 13.7 Å². The molecule has 1 atom stereocenters. The van der Waals surface area contributed by atoms with Crippen LogP contribution >= 0.6 is 15.9 Å². The second kappa shape index (κ2) is 5.22. The fourth-order valence-corrected chi connectivity index (χ4v) is 3.67. The minimum absolute atomic E-state index is 0.413. The summed E-state index contributed by atoms with van der Waals surface area (Å²) in [6.45, 7) is 9.86. The van der Waals surface area contributed by atoms with Crippen LogP contribution in [0.5, 0.6) is 5.75 Å². The number of hydrogen-bond acceptors (Lipinski definition) is 2. The monoisotopic (exact) mass is 311 g/mol. The molecule has 1 aromatic rings. The molecule has 1 heterocycles. The van der Waals surface area contributed by atoms with Crippen molar-refractivity contribution in [2.24, 2.45) is 5.92 Å². The second-order valence-corrected chi connectivity index (χ2v) is 6.21. The summed E-state index contributed by atoms with van der Waals surface area (Å²) in [5, 5.41) is 3.63. The Morgan fingerprint density at radius 2 is 1.94 bits per heavy atom. The lowest BCUT2D eigenvalue weighted by Gasteiger charge is -2.33. The number of hydrogen-bond donors (Lipinski definition) is 1. The fourth-order valence-electron chi connectivity index (χ4n) is 2.89. The van der Waals surface area contributed by atoms with Crippen LogP contribution in [0.25, 0.3) is 0 Å². The fraction of sp³-hybridized carbons (Fsp3) is 0.600. The van der Waals surface area contributed by atoms with Crippen LogP contribution in [0.2, 0.25) is 0 Å². The molecule has 0 spiro atoms. The van der Waals surface area contributed by atoms with Gasteiger partial charge < -0.3 is 10.1 Å². The van der Waals surface area contributed by atoms with Crippen LogP contribution in [0.4, 0.5) is 0 Å². The van der Waals surface area contributed by atoms with E-state index in [2.05, 4.69) is 48.9 Å². The Hall–Kier alpha value is -0.540. The van der Waals surface area contributed by atoms with Gasteiger partial charge in [0, 0.05) is 16.1 Å². The van der Waals surface area contributed by atoms with Gasteiger partial charge in [0.1, 0.15) is 5.75 Å². The Morgan fingerprint density at radius 1 is 1.28 bits per heavy atom. The lowest BCUT2D eigenvalue weighted by Crippen LogP contribution is -2.34. The Morgan fingerprint density at radius 3 is 2.50 bits per heavy atom. The first kappa shape index (κ1) is 13.9. The van der Waals surface area contributed by atoms with Crippen molar-refractivity contribution in [1.82, 2.24) is 5.32 Å². The number of fused-ring (bicyclic) bond motifs is 1. The maximum Gasteiger partial charge on any atom is 0.125 e. The van der Waals surface area contributed by atoms with Crippen molar-refractivity contribution in [3.63, 3.8) is 0 Å². The minimum atomic E-state index is 0.413. The molecule has 0 radical (unpaired) electrons. The lowest BCUT2D eigenvalue weighted by molar-refractivity contribution is 0.370. The highest BCUT2D eigenvalue weighted by atomic mass is 79.9. The highest BCUT2D eigenvalue weighted by molar-refractivity contribution is 9.10. The third kappa shape index (κ3) is 2.08. The van der Waals surface area contributed by atoms with Crippen molar-refractivity contribution in [3.05, 3.63) is 26.7 Å². The first-order valence-corrected chi connectivity index (χ1v) is 7.37. The van der Waals surface area contributed by atoms with E-state index >= 15 is 0 Å². The van der Waals surface area contributed by atoms with Gasteiger partial charge in [0.25, 0.3) is 0 Å². The Kier molecular flexibility index (Phi) is 4.02. The van der Waals surface area contributed by atoms with E-state index in [1.807, 2.05) is 0 Å². The molecule has 1 unspecified atom stereocenters. The molecule has 0 fully saturated rings. The molecule has 0 amide bonds. The van der Waals surface area contributed by atoms with Gasteiger partial charge in [0.2, 0.25) is 0 Å². The summed E-state index contributed by atoms with van der Waals surface area (Å²) >= 11 is 3.79. The van der Waals surface area contributed by atoms with Gasteiger partial charge in [-0.05, 0) is 49.4 Å². The van der Waals surface area contributed by atoms with Crippen molar-refractivity contribution < 1.29 is 4.74 Å². The van der Waals surface area contributed by atoms with E-state index in [0.29, 0.717) is 12.0 Å². The first-order valence-electron chi connectivity index (χ1n) is 6.57. The van der Waals surface area contributed by atoms with Gasteiger partial charge in [-0.15, -0.1) is 0 Å². The summed E-state index contributed by atoms with van der Waals surface area (Å²) in [6, 6.07) is 0.413. The predicted molar refractivity (Wildman–Crippen MR) is 79.5 cm³/mol. The molecule has 100 valence electrons. The molecule has 2 nitrogen and oxygen atoms in total. The highest BCUT2D eigenvalue weighted by Gasteiger charge is 2.29. The lowest BCUT2D eigenvalue weighted by atomic mass is 9.84. The molecule has 1 N–H and O–H groups in total. The van der Waals surface area contributed by atoms with Gasteiger partial charge >= 0.3 is 0 Å². The smallest absolute Gasteiger partial charge is 0.125 e. The molecule has 0 saturated heterocycles. The van der Waals surface area contributed by atoms with Crippen molar-refractivity contribution >= 4 is 15.9 Å². The number of rotatable bonds is 2. The molecule has 1 aliphatic rings. The van der Waals surface area contributed by atoms with Crippen LogP contribution < -0.4 is 10.1 Å². The summed E-state index contributed by atoms with van der Waals surface area (Å²) in [5.74, 6) is 1.66. The standard InChI is InChI=1S/C15H22BrNO/c1-8(2)14-12-11(6-7-17-14)15(18-5)10(4)9(3)13(12)16/h8,14,17H,6-7H2,1-5H3. The van der Waals surface area contributed by atoms with Crippen molar-refractivity contribution in [3.8, 4) is 5.75 Å². The van der Waals surface area contributed by atoms with Gasteiger partial charge in [-0.1, -0.05) is 29.8 Å². The summed E-state index contributed by atoms with van der Waals surface area (Å²) in [4.78, 5) is 0. The van der Waals surface area contributed by atoms with Crippen molar-refractivity contribution in [1.29, 1.82) is 0 Å². The van der Waals surface area contributed by atoms with Gasteiger partial charge in [0.15, 0.2) is 0 Å². The zero-order valence-electron chi connectivity index (χ0n) is 11.9. The largest absolute Gasteiger partial charge is 0.496 e. The van der Waals surface area contributed by atoms with Crippen LogP contribution in [0.1, 0.15) is 42.1 Å². The van der Waals surface area contributed by atoms with E-state index in [1.54, 1.807) is 7.11 Å². The third-order valence-corrected chi connectivity index (χ3v) is 5.01. The number of halogens is 1. The average Bonchev–Trinajstić information content (AvgIpc) is 2.36. The summed E-state index contributed by atoms with van der Waals surface area (Å²) in [5.41, 5.74) is 5.33. The van der Waals surface area contributed by atoms with Gasteiger partial charge in [0.05, 0.1) is 7.11 Å². The minimum Gasteiger partial charge on any atom is -0.496 e. The topological polar surface area (TPSA) is 21.3 Å². The van der Waals surface area contributed by atoms with Crippen LogP contribution in [-0.2, 0) is 6.42 Å². The van der Waals surface area contributed by atoms with E-state index in [9.17, 15) is 0 Å². The molecule has 1 aliphatic heterocycles. The summed E-state index contributed by atoms with van der Waals surface area (Å²) in [7, 11) is 1.78. The number of ether oxygens (including phenoxy) is 1. The first-order chi connectivity index (χ1) is 8.49.